The van der Waals surface area contributed by atoms with Crippen molar-refractivity contribution in [2.45, 2.75) is 43.9 Å². The van der Waals surface area contributed by atoms with Crippen LogP contribution in [0.1, 0.15) is 90.1 Å². The number of para-hydroxylation sites is 2. The molecule has 0 radical (unpaired) electrons. The summed E-state index contributed by atoms with van der Waals surface area (Å²) >= 11 is 16.9. The number of halogens is 3. The number of carbonyl (C=O) groups is 1. The van der Waals surface area contributed by atoms with Gasteiger partial charge in [0.1, 0.15) is 0 Å². The van der Waals surface area contributed by atoms with Crippen molar-refractivity contribution in [2.24, 2.45) is 0 Å². The number of methoxy groups -OCH3 is 1. The van der Waals surface area contributed by atoms with E-state index in [9.17, 15) is 4.79 Å². The summed E-state index contributed by atoms with van der Waals surface area (Å²) in [5, 5.41) is 1.53. The van der Waals surface area contributed by atoms with Crippen LogP contribution >= 0.6 is 39.1 Å². The van der Waals surface area contributed by atoms with E-state index in [4.69, 9.17) is 27.9 Å². The molecule has 0 spiro atoms. The zero-order valence-electron chi connectivity index (χ0n) is 43.5. The molecule has 8 heteroatoms. The summed E-state index contributed by atoms with van der Waals surface area (Å²) < 4.78 is 6.17. The Labute approximate surface area is 477 Å². The first kappa shape index (κ1) is 52.2. The van der Waals surface area contributed by atoms with E-state index in [0.29, 0.717) is 11.6 Å². The number of ether oxygens (including phenoxy) is 1. The van der Waals surface area contributed by atoms with E-state index in [2.05, 4.69) is 215 Å². The SMILES string of the molecule is CN1Cc2ccccc2C(c2ccccc2)c2cc(Br)ccc21.COC(=O)N1Cc2ccccc2C(c2ccccc2Cl)c2ccccc21.Clc1ccccc1C1c2ccccc2CN(Cc2ccccc2)c2ccccc21. The lowest BCUT2D eigenvalue weighted by Gasteiger charge is -2.26. The molecule has 13 rings (SSSR count). The first-order chi connectivity index (χ1) is 38.2. The minimum absolute atomic E-state index is 0.0502. The second-order valence-corrected chi connectivity index (χ2v) is 21.7. The molecule has 3 atom stereocenters. The summed E-state index contributed by atoms with van der Waals surface area (Å²) in [5.74, 6) is 0.340. The van der Waals surface area contributed by atoms with Crippen molar-refractivity contribution in [1.82, 2.24) is 0 Å². The predicted molar refractivity (Wildman–Crippen MR) is 326 cm³/mol. The Kier molecular flexibility index (Phi) is 15.9. The molecule has 1 amide bonds. The second-order valence-electron chi connectivity index (χ2n) is 19.9. The maximum Gasteiger partial charge on any atom is 0.414 e. The molecule has 0 bridgehead atoms. The molecule has 0 aromatic heterocycles. The standard InChI is InChI=1S/C27H22ClN.C22H18ClNO2.C21H18BrN/c28-25-16-8-6-14-23(25)27-22-13-5-4-12-21(22)19-29(18-20-10-2-1-3-11-20)26-17-9-7-15-24(26)27;1-26-22(25)24-14-15-8-2-3-9-16(15)21(17-10-4-6-12-19(17)23)18-11-5-7-13-20(18)24;1-23-14-16-9-5-6-10-18(16)21(15-7-3-2-4-8-15)19-13-17(22)11-12-20(19)23/h1-17,27H,18-19H2;2-13,21H,14H2,1H3;2-13,21H,14H2,1H3. The average molecular weight is 1120 g/mol. The quantitative estimate of drug-likeness (QED) is 0.172. The summed E-state index contributed by atoms with van der Waals surface area (Å²) in [5.41, 5.74) is 19.7. The van der Waals surface area contributed by atoms with Gasteiger partial charge in [0.15, 0.2) is 0 Å². The van der Waals surface area contributed by atoms with Gasteiger partial charge in [-0.2, -0.15) is 0 Å². The van der Waals surface area contributed by atoms with E-state index in [-0.39, 0.29) is 23.8 Å². The maximum absolute atomic E-state index is 12.5. The van der Waals surface area contributed by atoms with Crippen molar-refractivity contribution in [2.75, 3.05) is 28.9 Å². The van der Waals surface area contributed by atoms with Gasteiger partial charge in [-0.05, 0) is 115 Å². The first-order valence-corrected chi connectivity index (χ1v) is 27.9. The lowest BCUT2D eigenvalue weighted by molar-refractivity contribution is 0.178. The van der Waals surface area contributed by atoms with Crippen LogP contribution in [-0.2, 0) is 30.9 Å². The first-order valence-electron chi connectivity index (χ1n) is 26.4. The third kappa shape index (κ3) is 10.9. The van der Waals surface area contributed by atoms with Gasteiger partial charge in [0, 0.05) is 70.3 Å². The highest BCUT2D eigenvalue weighted by atomic mass is 79.9. The average Bonchev–Trinajstić information content (AvgIpc) is 3.79. The fourth-order valence-corrected chi connectivity index (χ4v) is 12.5. The van der Waals surface area contributed by atoms with Crippen LogP contribution in [0.25, 0.3) is 0 Å². The number of hydrogen-bond acceptors (Lipinski definition) is 4. The summed E-state index contributed by atoms with van der Waals surface area (Å²) in [6, 6.07) is 86.8. The van der Waals surface area contributed by atoms with Gasteiger partial charge < -0.3 is 14.5 Å². The van der Waals surface area contributed by atoms with E-state index < -0.39 is 0 Å². The van der Waals surface area contributed by atoms with E-state index in [1.807, 2.05) is 66.7 Å². The number of benzene rings is 10. The van der Waals surface area contributed by atoms with Gasteiger partial charge in [0.25, 0.3) is 0 Å². The molecule has 0 saturated carbocycles. The lowest BCUT2D eigenvalue weighted by Crippen LogP contribution is -2.30. The number of fused-ring (bicyclic) bond motifs is 6. The van der Waals surface area contributed by atoms with E-state index in [1.165, 1.54) is 63.0 Å². The van der Waals surface area contributed by atoms with Crippen molar-refractivity contribution in [3.05, 3.63) is 336 Å². The Hall–Kier alpha value is -7.87. The molecule has 3 heterocycles. The topological polar surface area (TPSA) is 36.0 Å². The number of amides is 1. The molecule has 0 saturated heterocycles. The third-order valence-electron chi connectivity index (χ3n) is 15.2. The molecule has 78 heavy (non-hydrogen) atoms. The van der Waals surface area contributed by atoms with Crippen molar-refractivity contribution in [3.8, 4) is 0 Å². The molecule has 0 N–H and O–H groups in total. The van der Waals surface area contributed by atoms with Gasteiger partial charge >= 0.3 is 6.09 Å². The van der Waals surface area contributed by atoms with Crippen molar-refractivity contribution >= 4 is 62.3 Å². The number of nitrogens with zero attached hydrogens (tertiary/aromatic N) is 3. The summed E-state index contributed by atoms with van der Waals surface area (Å²) in [6.45, 7) is 3.15. The molecule has 3 aliphatic rings. The molecular weight excluding hydrogens is 1070 g/mol. The van der Waals surface area contributed by atoms with Crippen LogP contribution in [-0.4, -0.2) is 20.3 Å². The molecule has 10 aromatic rings. The molecular formula is C70H58BrCl2N3O2. The highest BCUT2D eigenvalue weighted by molar-refractivity contribution is 9.10. The molecule has 10 aromatic carbocycles. The Morgan fingerprint density at radius 1 is 0.449 bits per heavy atom. The van der Waals surface area contributed by atoms with Gasteiger partial charge in [0.2, 0.25) is 0 Å². The molecule has 3 unspecified atom stereocenters. The highest BCUT2D eigenvalue weighted by Crippen LogP contribution is 2.47. The van der Waals surface area contributed by atoms with Crippen molar-refractivity contribution < 1.29 is 9.53 Å². The maximum atomic E-state index is 12.5. The van der Waals surface area contributed by atoms with E-state index in [0.717, 1.165) is 62.6 Å². The Balaban J connectivity index is 0.000000125. The predicted octanol–water partition coefficient (Wildman–Crippen LogP) is 18.2. The van der Waals surface area contributed by atoms with E-state index in [1.54, 1.807) is 4.90 Å². The zero-order valence-corrected chi connectivity index (χ0v) is 46.6. The molecule has 386 valence electrons. The molecule has 5 nitrogen and oxygen atoms in total. The van der Waals surface area contributed by atoms with E-state index >= 15 is 0 Å². The van der Waals surface area contributed by atoms with Crippen LogP contribution in [0.4, 0.5) is 21.9 Å². The molecule has 0 fully saturated rings. The van der Waals surface area contributed by atoms with Crippen LogP contribution in [0.15, 0.2) is 253 Å². The lowest BCUT2D eigenvalue weighted by atomic mass is 9.83. The normalized spacial score (nSPS) is 15.8. The van der Waals surface area contributed by atoms with Crippen LogP contribution < -0.4 is 14.7 Å². The van der Waals surface area contributed by atoms with Gasteiger partial charge in [-0.25, -0.2) is 4.79 Å². The Morgan fingerprint density at radius 2 is 0.885 bits per heavy atom. The zero-order chi connectivity index (χ0) is 53.5. The highest BCUT2D eigenvalue weighted by Gasteiger charge is 2.33. The fourth-order valence-electron chi connectivity index (χ4n) is 11.7. The number of anilines is 3. The minimum Gasteiger partial charge on any atom is -0.452 e. The minimum atomic E-state index is -0.368. The van der Waals surface area contributed by atoms with Gasteiger partial charge in [-0.3, -0.25) is 4.90 Å². The van der Waals surface area contributed by atoms with Crippen LogP contribution in [0.2, 0.25) is 10.0 Å². The van der Waals surface area contributed by atoms with Gasteiger partial charge in [-0.1, -0.05) is 245 Å². The summed E-state index contributed by atoms with van der Waals surface area (Å²) in [6.07, 6.45) is -0.368. The van der Waals surface area contributed by atoms with Crippen molar-refractivity contribution in [1.29, 1.82) is 0 Å². The van der Waals surface area contributed by atoms with Crippen LogP contribution in [0, 0.1) is 0 Å². The monoisotopic (exact) mass is 1120 g/mol. The second kappa shape index (κ2) is 23.8. The number of rotatable bonds is 5. The van der Waals surface area contributed by atoms with Gasteiger partial charge in [0.05, 0.1) is 19.3 Å². The van der Waals surface area contributed by atoms with Crippen molar-refractivity contribution in [3.63, 3.8) is 0 Å². The van der Waals surface area contributed by atoms with Crippen LogP contribution in [0.3, 0.4) is 0 Å². The largest absolute Gasteiger partial charge is 0.452 e. The number of carbonyl (C=O) groups excluding carboxylic acids is 1. The Bertz CT molecular complexity index is 3720. The van der Waals surface area contributed by atoms with Crippen LogP contribution in [0.5, 0.6) is 0 Å². The molecule has 0 aliphatic carbocycles. The summed E-state index contributed by atoms with van der Waals surface area (Å²) in [4.78, 5) is 19.0. The summed E-state index contributed by atoms with van der Waals surface area (Å²) in [7, 11) is 3.59. The number of hydrogen-bond donors (Lipinski definition) is 0. The van der Waals surface area contributed by atoms with Gasteiger partial charge in [-0.15, -0.1) is 0 Å². The fraction of sp³-hybridized carbons (Fsp3) is 0.129. The Morgan fingerprint density at radius 3 is 1.45 bits per heavy atom. The smallest absolute Gasteiger partial charge is 0.414 e. The molecule has 3 aliphatic heterocycles. The third-order valence-corrected chi connectivity index (χ3v) is 16.4.